The summed E-state index contributed by atoms with van der Waals surface area (Å²) in [4.78, 5) is 18.6. The Morgan fingerprint density at radius 3 is 2.36 bits per heavy atom. The molecule has 3 rings (SSSR count). The minimum absolute atomic E-state index is 0.0642. The van der Waals surface area contributed by atoms with Gasteiger partial charge in [-0.25, -0.2) is 0 Å². The van der Waals surface area contributed by atoms with Crippen molar-refractivity contribution in [2.75, 3.05) is 0 Å². The molecule has 1 heterocycles. The molecule has 1 aromatic carbocycles. The van der Waals surface area contributed by atoms with E-state index in [1.54, 1.807) is 30.6 Å². The summed E-state index contributed by atoms with van der Waals surface area (Å²) in [6, 6.07) is 9.52. The normalized spacial score (nSPS) is 13.9. The number of halogens is 2. The van der Waals surface area contributed by atoms with Gasteiger partial charge in [-0.15, -0.1) is 0 Å². The van der Waals surface area contributed by atoms with E-state index >= 15 is 0 Å². The number of nitrogens with zero attached hydrogens (tertiary/aromatic N) is 2. The fraction of sp³-hybridized carbons (Fsp3) is 0.294. The molecule has 22 heavy (non-hydrogen) atoms. The van der Waals surface area contributed by atoms with Crippen LogP contribution in [-0.4, -0.2) is 21.8 Å². The number of hydrogen-bond acceptors (Lipinski definition) is 2. The highest BCUT2D eigenvalue weighted by Crippen LogP contribution is 2.31. The Hall–Kier alpha value is -1.58. The minimum atomic E-state index is 0.0642. The monoisotopic (exact) mass is 334 g/mol. The van der Waals surface area contributed by atoms with Gasteiger partial charge in [-0.2, -0.15) is 0 Å². The maximum atomic E-state index is 12.7. The molecule has 0 bridgehead atoms. The SMILES string of the molecule is O=C(Cc1c(Cl)cccc1Cl)N(Cc1ccncc1)C1CC1. The summed E-state index contributed by atoms with van der Waals surface area (Å²) in [5.41, 5.74) is 1.79. The maximum Gasteiger partial charge on any atom is 0.227 e. The Labute approximate surface area is 139 Å². The lowest BCUT2D eigenvalue weighted by Gasteiger charge is -2.23. The zero-order chi connectivity index (χ0) is 15.5. The van der Waals surface area contributed by atoms with Gasteiger partial charge in [0.1, 0.15) is 0 Å². The zero-order valence-corrected chi connectivity index (χ0v) is 13.5. The Bertz CT molecular complexity index is 651. The molecule has 0 aliphatic heterocycles. The van der Waals surface area contributed by atoms with Crippen LogP contribution in [0.4, 0.5) is 0 Å². The van der Waals surface area contributed by atoms with Crippen LogP contribution in [0.3, 0.4) is 0 Å². The molecule has 0 spiro atoms. The summed E-state index contributed by atoms with van der Waals surface area (Å²) in [6.45, 7) is 0.605. The number of hydrogen-bond donors (Lipinski definition) is 0. The van der Waals surface area contributed by atoms with Crippen LogP contribution >= 0.6 is 23.2 Å². The van der Waals surface area contributed by atoms with E-state index < -0.39 is 0 Å². The quantitative estimate of drug-likeness (QED) is 0.823. The van der Waals surface area contributed by atoms with Gasteiger partial charge in [0, 0.05) is 35.0 Å². The van der Waals surface area contributed by atoms with Gasteiger partial charge in [0.25, 0.3) is 0 Å². The van der Waals surface area contributed by atoms with Gasteiger partial charge < -0.3 is 4.90 Å². The van der Waals surface area contributed by atoms with Crippen molar-refractivity contribution in [3.05, 3.63) is 63.9 Å². The molecule has 5 heteroatoms. The van der Waals surface area contributed by atoms with Crippen molar-refractivity contribution < 1.29 is 4.79 Å². The van der Waals surface area contributed by atoms with E-state index in [1.165, 1.54) is 0 Å². The summed E-state index contributed by atoms with van der Waals surface area (Å²) < 4.78 is 0. The molecule has 0 saturated heterocycles. The van der Waals surface area contributed by atoms with Crippen LogP contribution in [0.25, 0.3) is 0 Å². The summed E-state index contributed by atoms with van der Waals surface area (Å²) in [5.74, 6) is 0.0642. The van der Waals surface area contributed by atoms with Crippen LogP contribution in [0.2, 0.25) is 10.0 Å². The first-order valence-corrected chi connectivity index (χ1v) is 8.02. The molecule has 1 saturated carbocycles. The minimum Gasteiger partial charge on any atom is -0.335 e. The molecular weight excluding hydrogens is 319 g/mol. The average molecular weight is 335 g/mol. The number of aromatic nitrogens is 1. The van der Waals surface area contributed by atoms with E-state index in [1.807, 2.05) is 17.0 Å². The summed E-state index contributed by atoms with van der Waals surface area (Å²) in [7, 11) is 0. The lowest BCUT2D eigenvalue weighted by Crippen LogP contribution is -2.34. The maximum absolute atomic E-state index is 12.7. The van der Waals surface area contributed by atoms with Crippen LogP contribution < -0.4 is 0 Å². The Balaban J connectivity index is 1.76. The average Bonchev–Trinajstić information content (AvgIpc) is 3.34. The van der Waals surface area contributed by atoms with Gasteiger partial charge in [-0.1, -0.05) is 29.3 Å². The van der Waals surface area contributed by atoms with Gasteiger partial charge in [0.15, 0.2) is 0 Å². The van der Waals surface area contributed by atoms with Crippen molar-refractivity contribution in [1.29, 1.82) is 0 Å². The number of carbonyl (C=O) groups excluding carboxylic acids is 1. The Kier molecular flexibility index (Phi) is 4.65. The fourth-order valence-corrected chi connectivity index (χ4v) is 2.98. The molecule has 1 aliphatic carbocycles. The van der Waals surface area contributed by atoms with Gasteiger partial charge in [0.05, 0.1) is 6.42 Å². The third-order valence-corrected chi connectivity index (χ3v) is 4.51. The van der Waals surface area contributed by atoms with Crippen LogP contribution in [0, 0.1) is 0 Å². The number of pyridine rings is 1. The van der Waals surface area contributed by atoms with Crippen molar-refractivity contribution in [2.45, 2.75) is 31.8 Å². The van der Waals surface area contributed by atoms with Crippen LogP contribution in [0.15, 0.2) is 42.7 Å². The Morgan fingerprint density at radius 1 is 1.14 bits per heavy atom. The topological polar surface area (TPSA) is 33.2 Å². The van der Waals surface area contributed by atoms with Crippen molar-refractivity contribution in [1.82, 2.24) is 9.88 Å². The second-order valence-corrected chi connectivity index (χ2v) is 6.30. The van der Waals surface area contributed by atoms with Crippen LogP contribution in [-0.2, 0) is 17.8 Å². The van der Waals surface area contributed by atoms with Gasteiger partial charge >= 0.3 is 0 Å². The summed E-state index contributed by atoms with van der Waals surface area (Å²) >= 11 is 12.3. The van der Waals surface area contributed by atoms with Crippen molar-refractivity contribution >= 4 is 29.1 Å². The first kappa shape index (κ1) is 15.3. The molecule has 1 aliphatic rings. The highest BCUT2D eigenvalue weighted by atomic mass is 35.5. The zero-order valence-electron chi connectivity index (χ0n) is 12.0. The largest absolute Gasteiger partial charge is 0.335 e. The molecule has 1 amide bonds. The van der Waals surface area contributed by atoms with Crippen molar-refractivity contribution in [2.24, 2.45) is 0 Å². The molecule has 1 fully saturated rings. The smallest absolute Gasteiger partial charge is 0.227 e. The highest BCUT2D eigenvalue weighted by Gasteiger charge is 2.32. The number of rotatable bonds is 5. The number of carbonyl (C=O) groups is 1. The van der Waals surface area contributed by atoms with Gasteiger partial charge in [0.2, 0.25) is 5.91 Å². The molecular formula is C17H16Cl2N2O. The highest BCUT2D eigenvalue weighted by molar-refractivity contribution is 6.36. The molecule has 0 radical (unpaired) electrons. The number of benzene rings is 1. The van der Waals surface area contributed by atoms with Crippen molar-refractivity contribution in [3.8, 4) is 0 Å². The first-order valence-electron chi connectivity index (χ1n) is 7.26. The third kappa shape index (κ3) is 3.60. The number of amides is 1. The fourth-order valence-electron chi connectivity index (χ4n) is 2.45. The van der Waals surface area contributed by atoms with E-state index in [2.05, 4.69) is 4.98 Å². The Morgan fingerprint density at radius 2 is 1.77 bits per heavy atom. The van der Waals surface area contributed by atoms with Gasteiger partial charge in [-0.3, -0.25) is 9.78 Å². The summed E-state index contributed by atoms with van der Waals surface area (Å²) in [5, 5.41) is 1.08. The van der Waals surface area contributed by atoms with E-state index in [9.17, 15) is 4.79 Å². The molecule has 0 atom stereocenters. The lowest BCUT2D eigenvalue weighted by molar-refractivity contribution is -0.131. The molecule has 3 nitrogen and oxygen atoms in total. The summed E-state index contributed by atoms with van der Waals surface area (Å²) in [6.07, 6.45) is 5.85. The molecule has 2 aromatic rings. The molecule has 114 valence electrons. The van der Waals surface area contributed by atoms with E-state index in [0.717, 1.165) is 18.4 Å². The third-order valence-electron chi connectivity index (χ3n) is 3.80. The van der Waals surface area contributed by atoms with Crippen molar-refractivity contribution in [3.63, 3.8) is 0 Å². The standard InChI is InChI=1S/C17H16Cl2N2O/c18-15-2-1-3-16(19)14(15)10-17(22)21(13-4-5-13)11-12-6-8-20-9-7-12/h1-3,6-9,13H,4-5,10-11H2. The second kappa shape index (κ2) is 6.67. The molecule has 1 aromatic heterocycles. The van der Waals surface area contributed by atoms with Crippen LogP contribution in [0.5, 0.6) is 0 Å². The van der Waals surface area contributed by atoms with E-state index in [-0.39, 0.29) is 12.3 Å². The molecule has 0 N–H and O–H groups in total. The van der Waals surface area contributed by atoms with E-state index in [0.29, 0.717) is 28.2 Å². The molecule has 0 unspecified atom stereocenters. The second-order valence-electron chi connectivity index (χ2n) is 5.49. The first-order chi connectivity index (χ1) is 10.6. The van der Waals surface area contributed by atoms with Gasteiger partial charge in [-0.05, 0) is 48.2 Å². The van der Waals surface area contributed by atoms with Crippen LogP contribution in [0.1, 0.15) is 24.0 Å². The lowest BCUT2D eigenvalue weighted by atomic mass is 10.1. The predicted molar refractivity (Wildman–Crippen MR) is 88.0 cm³/mol. The predicted octanol–water partition coefficient (Wildman–Crippen LogP) is 4.12. The van der Waals surface area contributed by atoms with E-state index in [4.69, 9.17) is 23.2 Å².